The van der Waals surface area contributed by atoms with E-state index in [2.05, 4.69) is 10.6 Å². The van der Waals surface area contributed by atoms with Crippen LogP contribution in [0.25, 0.3) is 0 Å². The highest BCUT2D eigenvalue weighted by Crippen LogP contribution is 2.13. The van der Waals surface area contributed by atoms with Crippen molar-refractivity contribution in [2.45, 2.75) is 12.5 Å². The van der Waals surface area contributed by atoms with Gasteiger partial charge in [-0.05, 0) is 24.5 Å². The molecule has 0 aliphatic carbocycles. The molecule has 0 saturated carbocycles. The lowest BCUT2D eigenvalue weighted by atomic mass is 10.1. The maximum Gasteiger partial charge on any atom is 0.322 e. The summed E-state index contributed by atoms with van der Waals surface area (Å²) in [5, 5.41) is 24.0. The van der Waals surface area contributed by atoms with Gasteiger partial charge in [0.1, 0.15) is 12.6 Å². The van der Waals surface area contributed by atoms with Gasteiger partial charge in [-0.1, -0.05) is 6.07 Å². The van der Waals surface area contributed by atoms with Crippen molar-refractivity contribution in [1.82, 2.24) is 10.6 Å². The summed E-state index contributed by atoms with van der Waals surface area (Å²) in [5.41, 5.74) is -0.192. The molecule has 0 heterocycles. The number of carboxylic acids is 1. The lowest BCUT2D eigenvalue weighted by molar-refractivity contribution is -0.384. The quantitative estimate of drug-likeness (QED) is 0.436. The summed E-state index contributed by atoms with van der Waals surface area (Å²) in [6.45, 7) is -0.554. The fraction of sp³-hybridized carbons (Fsp3) is 0.357. The van der Waals surface area contributed by atoms with Crippen LogP contribution in [0.3, 0.4) is 0 Å². The van der Waals surface area contributed by atoms with E-state index in [-0.39, 0.29) is 11.3 Å². The summed E-state index contributed by atoms with van der Waals surface area (Å²) >= 11 is 1.46. The molecule has 1 aromatic carbocycles. The monoisotopic (exact) mass is 355 g/mol. The highest BCUT2D eigenvalue weighted by molar-refractivity contribution is 7.98. The van der Waals surface area contributed by atoms with E-state index in [0.717, 1.165) is 6.07 Å². The van der Waals surface area contributed by atoms with Gasteiger partial charge in [0.15, 0.2) is 0 Å². The number of hydrogen-bond donors (Lipinski definition) is 3. The van der Waals surface area contributed by atoms with Crippen molar-refractivity contribution in [3.8, 4) is 0 Å². The number of amides is 2. The normalized spacial score (nSPS) is 11.4. The average Bonchev–Trinajstić information content (AvgIpc) is 2.56. The first kappa shape index (κ1) is 19.4. The SMILES string of the molecule is CSCCC(NC(=O)c1cccc([N+](=O)[O-])c1)C(=O)NCC(=O)O. The van der Waals surface area contributed by atoms with E-state index < -0.39 is 35.3 Å². The van der Waals surface area contributed by atoms with Crippen LogP contribution >= 0.6 is 11.8 Å². The number of thioether (sulfide) groups is 1. The number of nitro groups is 1. The number of nitrogens with one attached hydrogen (secondary N) is 2. The predicted octanol–water partition coefficient (Wildman–Crippen LogP) is 0.647. The molecule has 24 heavy (non-hydrogen) atoms. The Morgan fingerprint density at radius 2 is 2.08 bits per heavy atom. The van der Waals surface area contributed by atoms with E-state index in [1.54, 1.807) is 0 Å². The van der Waals surface area contributed by atoms with Gasteiger partial charge in [-0.3, -0.25) is 24.5 Å². The molecule has 130 valence electrons. The Morgan fingerprint density at radius 1 is 1.38 bits per heavy atom. The van der Waals surface area contributed by atoms with Crippen LogP contribution in [-0.2, 0) is 9.59 Å². The maximum absolute atomic E-state index is 12.2. The summed E-state index contributed by atoms with van der Waals surface area (Å²) in [6.07, 6.45) is 2.13. The van der Waals surface area contributed by atoms with E-state index in [9.17, 15) is 24.5 Å². The second-order valence-corrected chi connectivity index (χ2v) is 5.71. The number of benzene rings is 1. The minimum atomic E-state index is -1.20. The molecule has 1 atom stereocenters. The first-order valence-electron chi connectivity index (χ1n) is 6.89. The number of carbonyl (C=O) groups excluding carboxylic acids is 2. The Balaban J connectivity index is 2.82. The van der Waals surface area contributed by atoms with Gasteiger partial charge in [-0.25, -0.2) is 0 Å². The Kier molecular flexibility index (Phi) is 7.69. The molecule has 1 unspecified atom stereocenters. The topological polar surface area (TPSA) is 139 Å². The zero-order valence-electron chi connectivity index (χ0n) is 12.9. The number of non-ortho nitro benzene ring substituents is 1. The standard InChI is InChI=1S/C14H17N3O6S/c1-24-6-5-11(14(21)15-8-12(18)19)16-13(20)9-3-2-4-10(7-9)17(22)23/h2-4,7,11H,5-6,8H2,1H3,(H,15,21)(H,16,20)(H,18,19). The molecule has 0 saturated heterocycles. The number of rotatable bonds is 9. The predicted molar refractivity (Wildman–Crippen MR) is 88.0 cm³/mol. The van der Waals surface area contributed by atoms with Crippen LogP contribution in [0.4, 0.5) is 5.69 Å². The fourth-order valence-electron chi connectivity index (χ4n) is 1.79. The van der Waals surface area contributed by atoms with Gasteiger partial charge in [0.05, 0.1) is 4.92 Å². The third kappa shape index (κ3) is 6.24. The van der Waals surface area contributed by atoms with Gasteiger partial charge in [0, 0.05) is 17.7 Å². The highest BCUT2D eigenvalue weighted by atomic mass is 32.2. The van der Waals surface area contributed by atoms with Crippen molar-refractivity contribution in [3.05, 3.63) is 39.9 Å². The van der Waals surface area contributed by atoms with Gasteiger partial charge < -0.3 is 15.7 Å². The van der Waals surface area contributed by atoms with Gasteiger partial charge in [-0.2, -0.15) is 11.8 Å². The zero-order valence-corrected chi connectivity index (χ0v) is 13.7. The van der Waals surface area contributed by atoms with Crippen LogP contribution in [0, 0.1) is 10.1 Å². The molecule has 0 spiro atoms. The van der Waals surface area contributed by atoms with Crippen LogP contribution in [0.1, 0.15) is 16.8 Å². The number of nitro benzene ring substituents is 1. The summed E-state index contributed by atoms with van der Waals surface area (Å²) in [6, 6.07) is 4.19. The molecule has 0 aromatic heterocycles. The lowest BCUT2D eigenvalue weighted by Gasteiger charge is -2.17. The molecule has 1 aromatic rings. The van der Waals surface area contributed by atoms with Gasteiger partial charge in [0.2, 0.25) is 5.91 Å². The van der Waals surface area contributed by atoms with Crippen molar-refractivity contribution in [1.29, 1.82) is 0 Å². The summed E-state index contributed by atoms with van der Waals surface area (Å²) in [4.78, 5) is 44.8. The van der Waals surface area contributed by atoms with Gasteiger partial charge >= 0.3 is 5.97 Å². The Bertz CT molecular complexity index is 637. The number of carboxylic acid groups (broad SMARTS) is 1. The van der Waals surface area contributed by atoms with Crippen molar-refractivity contribution in [3.63, 3.8) is 0 Å². The number of carbonyl (C=O) groups is 3. The zero-order chi connectivity index (χ0) is 18.1. The summed E-state index contributed by atoms with van der Waals surface area (Å²) in [7, 11) is 0. The molecule has 1 rings (SSSR count). The molecule has 0 bridgehead atoms. The van der Waals surface area contributed by atoms with Crippen LogP contribution in [0.2, 0.25) is 0 Å². The van der Waals surface area contributed by atoms with Crippen LogP contribution < -0.4 is 10.6 Å². The molecule has 0 aliphatic rings. The molecule has 3 N–H and O–H groups in total. The van der Waals surface area contributed by atoms with Crippen molar-refractivity contribution in [2.75, 3.05) is 18.6 Å². The number of nitrogens with zero attached hydrogens (tertiary/aromatic N) is 1. The number of hydrogen-bond acceptors (Lipinski definition) is 6. The van der Waals surface area contributed by atoms with E-state index in [4.69, 9.17) is 5.11 Å². The van der Waals surface area contributed by atoms with Crippen molar-refractivity contribution >= 4 is 35.2 Å². The van der Waals surface area contributed by atoms with E-state index in [0.29, 0.717) is 12.2 Å². The smallest absolute Gasteiger partial charge is 0.322 e. The van der Waals surface area contributed by atoms with E-state index >= 15 is 0 Å². The van der Waals surface area contributed by atoms with E-state index in [1.165, 1.54) is 30.0 Å². The molecule has 0 aliphatic heterocycles. The second-order valence-electron chi connectivity index (χ2n) is 4.73. The number of aliphatic carboxylic acids is 1. The first-order valence-corrected chi connectivity index (χ1v) is 8.28. The molecule has 0 fully saturated rings. The third-order valence-corrected chi connectivity index (χ3v) is 3.61. The average molecular weight is 355 g/mol. The van der Waals surface area contributed by atoms with Crippen LogP contribution in [0.15, 0.2) is 24.3 Å². The minimum absolute atomic E-state index is 0.0457. The maximum atomic E-state index is 12.2. The molecule has 2 amide bonds. The minimum Gasteiger partial charge on any atom is -0.480 e. The molecular weight excluding hydrogens is 338 g/mol. The third-order valence-electron chi connectivity index (χ3n) is 2.97. The highest BCUT2D eigenvalue weighted by Gasteiger charge is 2.22. The Morgan fingerprint density at radius 3 is 2.67 bits per heavy atom. The van der Waals surface area contributed by atoms with Crippen LogP contribution in [0.5, 0.6) is 0 Å². The largest absolute Gasteiger partial charge is 0.480 e. The Hall–Kier alpha value is -2.62. The van der Waals surface area contributed by atoms with Crippen molar-refractivity contribution in [2.24, 2.45) is 0 Å². The molecular formula is C14H17N3O6S. The summed E-state index contributed by atoms with van der Waals surface area (Å²) < 4.78 is 0. The fourth-order valence-corrected chi connectivity index (χ4v) is 2.26. The van der Waals surface area contributed by atoms with Crippen molar-refractivity contribution < 1.29 is 24.4 Å². The molecule has 0 radical (unpaired) electrons. The second kappa shape index (κ2) is 9.50. The molecule has 9 nitrogen and oxygen atoms in total. The first-order chi connectivity index (χ1) is 11.3. The Labute approximate surface area is 142 Å². The van der Waals surface area contributed by atoms with Crippen LogP contribution in [-0.4, -0.2) is 52.4 Å². The van der Waals surface area contributed by atoms with E-state index in [1.807, 2.05) is 6.26 Å². The molecule has 10 heteroatoms. The lowest BCUT2D eigenvalue weighted by Crippen LogP contribution is -2.48. The van der Waals surface area contributed by atoms with Gasteiger partial charge in [0.25, 0.3) is 11.6 Å². The van der Waals surface area contributed by atoms with Gasteiger partial charge in [-0.15, -0.1) is 0 Å². The summed E-state index contributed by atoms with van der Waals surface area (Å²) in [5.74, 6) is -1.89.